The predicted molar refractivity (Wildman–Crippen MR) is 62.7 cm³/mol. The molecule has 0 saturated carbocycles. The first kappa shape index (κ1) is 11.5. The number of nitrogens with one attached hydrogen (secondary N) is 1. The molecule has 6 nitrogen and oxygen atoms in total. The van der Waals surface area contributed by atoms with Gasteiger partial charge >= 0.3 is 5.97 Å². The minimum absolute atomic E-state index is 0.328. The molecule has 0 unspecified atom stereocenters. The third-order valence-electron chi connectivity index (χ3n) is 1.94. The molecule has 0 radical (unpaired) electrons. The lowest BCUT2D eigenvalue weighted by atomic mass is 10.3. The summed E-state index contributed by atoms with van der Waals surface area (Å²) < 4.78 is 4.67. The number of carbonyl (C=O) groups excluding carboxylic acids is 1. The van der Waals surface area contributed by atoms with Crippen LogP contribution in [0.25, 0.3) is 0 Å². The SMILES string of the molecule is COC(=O)c1cc(N)cnc1Sc1ncc[nH]1. The highest BCUT2D eigenvalue weighted by Crippen LogP contribution is 2.27. The number of nitrogen functional groups attached to an aromatic ring is 1. The second-order valence-corrected chi connectivity index (χ2v) is 4.09. The summed E-state index contributed by atoms with van der Waals surface area (Å²) >= 11 is 1.24. The normalized spacial score (nSPS) is 10.2. The van der Waals surface area contributed by atoms with Crippen molar-refractivity contribution in [1.82, 2.24) is 15.0 Å². The third-order valence-corrected chi connectivity index (χ3v) is 2.88. The van der Waals surface area contributed by atoms with E-state index in [2.05, 4.69) is 19.7 Å². The van der Waals surface area contributed by atoms with E-state index in [0.29, 0.717) is 21.4 Å². The summed E-state index contributed by atoms with van der Waals surface area (Å²) in [6, 6.07) is 1.53. The van der Waals surface area contributed by atoms with E-state index in [0.717, 1.165) is 0 Å². The number of aromatic nitrogens is 3. The van der Waals surface area contributed by atoms with Crippen LogP contribution in [0.1, 0.15) is 10.4 Å². The van der Waals surface area contributed by atoms with Gasteiger partial charge in [0, 0.05) is 12.4 Å². The molecule has 2 aromatic rings. The average molecular weight is 250 g/mol. The van der Waals surface area contributed by atoms with Crippen LogP contribution in [0.15, 0.2) is 34.8 Å². The fourth-order valence-electron chi connectivity index (χ4n) is 1.20. The van der Waals surface area contributed by atoms with Gasteiger partial charge in [-0.25, -0.2) is 14.8 Å². The molecular formula is C10H10N4O2S. The number of hydrogen-bond acceptors (Lipinski definition) is 6. The number of carbonyl (C=O) groups is 1. The summed E-state index contributed by atoms with van der Waals surface area (Å²) in [5, 5.41) is 1.15. The van der Waals surface area contributed by atoms with E-state index in [1.165, 1.54) is 31.1 Å². The van der Waals surface area contributed by atoms with Crippen molar-refractivity contribution in [3.63, 3.8) is 0 Å². The number of esters is 1. The van der Waals surface area contributed by atoms with Gasteiger partial charge in [-0.2, -0.15) is 0 Å². The Morgan fingerprint density at radius 1 is 1.53 bits per heavy atom. The van der Waals surface area contributed by atoms with E-state index >= 15 is 0 Å². The fraction of sp³-hybridized carbons (Fsp3) is 0.100. The number of H-pyrrole nitrogens is 1. The van der Waals surface area contributed by atoms with Gasteiger partial charge < -0.3 is 15.5 Å². The Morgan fingerprint density at radius 3 is 3.00 bits per heavy atom. The van der Waals surface area contributed by atoms with Crippen LogP contribution in [0.3, 0.4) is 0 Å². The van der Waals surface area contributed by atoms with Crippen LogP contribution in [0.5, 0.6) is 0 Å². The Balaban J connectivity index is 2.35. The topological polar surface area (TPSA) is 93.9 Å². The van der Waals surface area contributed by atoms with Crippen LogP contribution in [0.4, 0.5) is 5.69 Å². The average Bonchev–Trinajstić information content (AvgIpc) is 2.83. The number of aromatic amines is 1. The van der Waals surface area contributed by atoms with E-state index in [1.807, 2.05) is 0 Å². The zero-order chi connectivity index (χ0) is 12.3. The molecule has 0 aliphatic carbocycles. The van der Waals surface area contributed by atoms with Crippen molar-refractivity contribution in [1.29, 1.82) is 0 Å². The van der Waals surface area contributed by atoms with E-state index in [-0.39, 0.29) is 0 Å². The maximum absolute atomic E-state index is 11.6. The summed E-state index contributed by atoms with van der Waals surface area (Å²) in [7, 11) is 1.31. The summed E-state index contributed by atoms with van der Waals surface area (Å²) in [5.74, 6) is -0.473. The van der Waals surface area contributed by atoms with Crippen molar-refractivity contribution >= 4 is 23.4 Å². The number of ether oxygens (including phenoxy) is 1. The Morgan fingerprint density at radius 2 is 2.35 bits per heavy atom. The first-order valence-electron chi connectivity index (χ1n) is 4.72. The maximum Gasteiger partial charge on any atom is 0.340 e. The molecule has 17 heavy (non-hydrogen) atoms. The highest BCUT2D eigenvalue weighted by molar-refractivity contribution is 7.99. The van der Waals surface area contributed by atoms with E-state index in [1.54, 1.807) is 12.4 Å². The van der Waals surface area contributed by atoms with Crippen molar-refractivity contribution < 1.29 is 9.53 Å². The van der Waals surface area contributed by atoms with Crippen molar-refractivity contribution in [3.05, 3.63) is 30.2 Å². The molecule has 2 rings (SSSR count). The number of imidazole rings is 1. The van der Waals surface area contributed by atoms with Crippen molar-refractivity contribution in [2.45, 2.75) is 10.2 Å². The van der Waals surface area contributed by atoms with Gasteiger partial charge in [-0.05, 0) is 17.8 Å². The highest BCUT2D eigenvalue weighted by atomic mass is 32.2. The zero-order valence-electron chi connectivity index (χ0n) is 9.01. The Kier molecular flexibility index (Phi) is 3.29. The number of anilines is 1. The van der Waals surface area contributed by atoms with Gasteiger partial charge in [0.25, 0.3) is 0 Å². The Hall–Kier alpha value is -2.02. The van der Waals surface area contributed by atoms with Gasteiger partial charge in [-0.1, -0.05) is 0 Å². The van der Waals surface area contributed by atoms with Crippen LogP contribution in [-0.4, -0.2) is 28.0 Å². The molecule has 7 heteroatoms. The van der Waals surface area contributed by atoms with E-state index in [9.17, 15) is 4.79 Å². The molecule has 0 fully saturated rings. The van der Waals surface area contributed by atoms with Crippen LogP contribution >= 0.6 is 11.8 Å². The van der Waals surface area contributed by atoms with Gasteiger partial charge in [0.1, 0.15) is 5.03 Å². The number of nitrogens with two attached hydrogens (primary N) is 1. The fourth-order valence-corrected chi connectivity index (χ4v) is 1.99. The molecule has 2 aromatic heterocycles. The molecule has 0 aromatic carbocycles. The first-order valence-corrected chi connectivity index (χ1v) is 5.53. The molecule has 0 atom stereocenters. The number of pyridine rings is 1. The van der Waals surface area contributed by atoms with Gasteiger partial charge in [-0.3, -0.25) is 0 Å². The van der Waals surface area contributed by atoms with Crippen molar-refractivity contribution in [3.8, 4) is 0 Å². The minimum atomic E-state index is -0.473. The van der Waals surface area contributed by atoms with Gasteiger partial charge in [0.05, 0.1) is 24.6 Å². The van der Waals surface area contributed by atoms with Crippen LogP contribution in [-0.2, 0) is 4.74 Å². The standard InChI is InChI=1S/C10H10N4O2S/c1-16-9(15)7-4-6(11)5-14-8(7)17-10-12-2-3-13-10/h2-5H,11H2,1H3,(H,12,13). The molecule has 2 heterocycles. The summed E-state index contributed by atoms with van der Waals surface area (Å²) in [6.07, 6.45) is 4.80. The van der Waals surface area contributed by atoms with Crippen LogP contribution < -0.4 is 5.73 Å². The Labute approximate surface area is 102 Å². The number of nitrogens with zero attached hydrogens (tertiary/aromatic N) is 2. The van der Waals surface area contributed by atoms with Gasteiger partial charge in [0.2, 0.25) is 0 Å². The van der Waals surface area contributed by atoms with Crippen LogP contribution in [0.2, 0.25) is 0 Å². The summed E-state index contributed by atoms with van der Waals surface area (Å²) in [6.45, 7) is 0. The van der Waals surface area contributed by atoms with Gasteiger partial charge in [-0.15, -0.1) is 0 Å². The van der Waals surface area contributed by atoms with E-state index in [4.69, 9.17) is 5.73 Å². The molecular weight excluding hydrogens is 240 g/mol. The second kappa shape index (κ2) is 4.88. The van der Waals surface area contributed by atoms with Gasteiger partial charge in [0.15, 0.2) is 5.16 Å². The number of hydrogen-bond donors (Lipinski definition) is 2. The lowest BCUT2D eigenvalue weighted by Crippen LogP contribution is -2.05. The molecule has 0 aliphatic rings. The summed E-state index contributed by atoms with van der Waals surface area (Å²) in [5.41, 5.74) is 6.33. The smallest absolute Gasteiger partial charge is 0.340 e. The summed E-state index contributed by atoms with van der Waals surface area (Å²) in [4.78, 5) is 22.6. The van der Waals surface area contributed by atoms with E-state index < -0.39 is 5.97 Å². The largest absolute Gasteiger partial charge is 0.465 e. The molecule has 0 spiro atoms. The molecule has 0 saturated heterocycles. The molecule has 88 valence electrons. The molecule has 0 bridgehead atoms. The minimum Gasteiger partial charge on any atom is -0.465 e. The zero-order valence-corrected chi connectivity index (χ0v) is 9.82. The Bertz CT molecular complexity index is 527. The lowest BCUT2D eigenvalue weighted by Gasteiger charge is -2.05. The quantitative estimate of drug-likeness (QED) is 0.798. The van der Waals surface area contributed by atoms with Crippen molar-refractivity contribution in [2.75, 3.05) is 12.8 Å². The molecule has 0 aliphatic heterocycles. The van der Waals surface area contributed by atoms with Crippen molar-refractivity contribution in [2.24, 2.45) is 0 Å². The number of methoxy groups -OCH3 is 1. The first-order chi connectivity index (χ1) is 8.20. The lowest BCUT2D eigenvalue weighted by molar-refractivity contribution is 0.0596. The van der Waals surface area contributed by atoms with Crippen LogP contribution in [0, 0.1) is 0 Å². The monoisotopic (exact) mass is 250 g/mol. The highest BCUT2D eigenvalue weighted by Gasteiger charge is 2.15. The molecule has 0 amide bonds. The molecule has 3 N–H and O–H groups in total. The third kappa shape index (κ3) is 2.56. The second-order valence-electron chi connectivity index (χ2n) is 3.11. The number of rotatable bonds is 3. The predicted octanol–water partition coefficient (Wildman–Crippen LogP) is 1.32. The maximum atomic E-state index is 11.6.